The molecular weight excluding hydrogens is 192 g/mol. The number of hydrogen-bond acceptors (Lipinski definition) is 4. The van der Waals surface area contributed by atoms with Crippen LogP contribution in [0.15, 0.2) is 30.5 Å². The summed E-state index contributed by atoms with van der Waals surface area (Å²) in [6.45, 7) is -0.141. The summed E-state index contributed by atoms with van der Waals surface area (Å²) < 4.78 is 1.52. The Kier molecular flexibility index (Phi) is 2.44. The highest BCUT2D eigenvalue weighted by Gasteiger charge is 2.01. The van der Waals surface area contributed by atoms with E-state index < -0.39 is 0 Å². The van der Waals surface area contributed by atoms with Gasteiger partial charge in [-0.15, -0.1) is 5.10 Å². The molecule has 0 aliphatic heterocycles. The van der Waals surface area contributed by atoms with Gasteiger partial charge in [0.2, 0.25) is 0 Å². The van der Waals surface area contributed by atoms with Crippen LogP contribution in [0.5, 0.6) is 0 Å². The zero-order valence-electron chi connectivity index (χ0n) is 7.83. The summed E-state index contributed by atoms with van der Waals surface area (Å²) >= 11 is 0. The standard InChI is InChI=1S/C10H8N4O/c11-5-8-2-1-3-10(4-8)14-6-9(7-15)12-13-14/h1-4,6,15H,7H2. The van der Waals surface area contributed by atoms with Crippen LogP contribution in [0.2, 0.25) is 0 Å². The first kappa shape index (κ1) is 9.37. The number of aliphatic hydroxyl groups is 1. The van der Waals surface area contributed by atoms with E-state index in [0.29, 0.717) is 11.3 Å². The number of benzene rings is 1. The molecule has 74 valence electrons. The molecule has 0 atom stereocenters. The minimum Gasteiger partial charge on any atom is -0.390 e. The van der Waals surface area contributed by atoms with E-state index in [1.165, 1.54) is 4.68 Å². The van der Waals surface area contributed by atoms with E-state index in [1.807, 2.05) is 12.1 Å². The smallest absolute Gasteiger partial charge is 0.109 e. The van der Waals surface area contributed by atoms with Crippen LogP contribution >= 0.6 is 0 Å². The van der Waals surface area contributed by atoms with Gasteiger partial charge in [-0.1, -0.05) is 11.3 Å². The molecule has 0 amide bonds. The van der Waals surface area contributed by atoms with Crippen molar-refractivity contribution in [1.29, 1.82) is 5.26 Å². The molecule has 0 aliphatic rings. The molecule has 0 spiro atoms. The summed E-state index contributed by atoms with van der Waals surface area (Å²) in [5.41, 5.74) is 1.81. The van der Waals surface area contributed by atoms with Crippen LogP contribution in [0.1, 0.15) is 11.3 Å². The van der Waals surface area contributed by atoms with E-state index >= 15 is 0 Å². The number of hydrogen-bond donors (Lipinski definition) is 1. The summed E-state index contributed by atoms with van der Waals surface area (Å²) in [4.78, 5) is 0. The lowest BCUT2D eigenvalue weighted by atomic mass is 10.2. The molecule has 1 N–H and O–H groups in total. The maximum atomic E-state index is 8.83. The van der Waals surface area contributed by atoms with Crippen LogP contribution in [0.25, 0.3) is 5.69 Å². The van der Waals surface area contributed by atoms with Crippen molar-refractivity contribution >= 4 is 0 Å². The molecule has 0 fully saturated rings. The Morgan fingerprint density at radius 3 is 3.00 bits per heavy atom. The van der Waals surface area contributed by atoms with E-state index in [-0.39, 0.29) is 6.61 Å². The third-order valence-electron chi connectivity index (χ3n) is 1.94. The fourth-order valence-corrected chi connectivity index (χ4v) is 1.22. The molecule has 2 aromatic rings. The highest BCUT2D eigenvalue weighted by Crippen LogP contribution is 2.09. The van der Waals surface area contributed by atoms with Gasteiger partial charge < -0.3 is 5.11 Å². The summed E-state index contributed by atoms with van der Waals surface area (Å²) in [5, 5.41) is 25.1. The van der Waals surface area contributed by atoms with Crippen molar-refractivity contribution in [2.45, 2.75) is 6.61 Å². The quantitative estimate of drug-likeness (QED) is 0.771. The van der Waals surface area contributed by atoms with Crippen molar-refractivity contribution in [3.8, 4) is 11.8 Å². The topological polar surface area (TPSA) is 74.7 Å². The molecule has 0 bridgehead atoms. The summed E-state index contributed by atoms with van der Waals surface area (Å²) in [5.74, 6) is 0. The van der Waals surface area contributed by atoms with Crippen LogP contribution in [0.3, 0.4) is 0 Å². The summed E-state index contributed by atoms with van der Waals surface area (Å²) in [6.07, 6.45) is 1.62. The largest absolute Gasteiger partial charge is 0.390 e. The first-order valence-corrected chi connectivity index (χ1v) is 4.36. The number of aliphatic hydroxyl groups excluding tert-OH is 1. The Bertz CT molecular complexity index is 512. The van der Waals surface area contributed by atoms with Crippen LogP contribution in [-0.4, -0.2) is 20.1 Å². The van der Waals surface area contributed by atoms with Gasteiger partial charge in [-0.05, 0) is 18.2 Å². The van der Waals surface area contributed by atoms with E-state index in [1.54, 1.807) is 24.4 Å². The fourth-order valence-electron chi connectivity index (χ4n) is 1.22. The minimum absolute atomic E-state index is 0.141. The Morgan fingerprint density at radius 1 is 1.47 bits per heavy atom. The highest BCUT2D eigenvalue weighted by molar-refractivity contribution is 5.40. The van der Waals surface area contributed by atoms with Crippen molar-refractivity contribution in [2.75, 3.05) is 0 Å². The van der Waals surface area contributed by atoms with Crippen molar-refractivity contribution in [3.63, 3.8) is 0 Å². The van der Waals surface area contributed by atoms with Crippen LogP contribution in [-0.2, 0) is 6.61 Å². The summed E-state index contributed by atoms with van der Waals surface area (Å²) in [7, 11) is 0. The van der Waals surface area contributed by atoms with Gasteiger partial charge in [0.1, 0.15) is 5.69 Å². The van der Waals surface area contributed by atoms with Gasteiger partial charge >= 0.3 is 0 Å². The van der Waals surface area contributed by atoms with E-state index in [9.17, 15) is 0 Å². The number of rotatable bonds is 2. The predicted molar refractivity (Wildman–Crippen MR) is 52.0 cm³/mol. The Labute approximate surface area is 86.2 Å². The third kappa shape index (κ3) is 1.85. The van der Waals surface area contributed by atoms with Gasteiger partial charge in [0, 0.05) is 0 Å². The van der Waals surface area contributed by atoms with Crippen molar-refractivity contribution < 1.29 is 5.11 Å². The van der Waals surface area contributed by atoms with Crippen molar-refractivity contribution in [3.05, 3.63) is 41.7 Å². The predicted octanol–water partition coefficient (Wildman–Crippen LogP) is 0.631. The van der Waals surface area contributed by atoms with Crippen molar-refractivity contribution in [1.82, 2.24) is 15.0 Å². The lowest BCUT2D eigenvalue weighted by Crippen LogP contribution is -1.94. The molecule has 5 heteroatoms. The van der Waals surface area contributed by atoms with Gasteiger partial charge in [-0.25, -0.2) is 4.68 Å². The highest BCUT2D eigenvalue weighted by atomic mass is 16.3. The Balaban J connectivity index is 2.41. The molecule has 1 heterocycles. The van der Waals surface area contributed by atoms with Crippen molar-refractivity contribution in [2.24, 2.45) is 0 Å². The minimum atomic E-state index is -0.141. The monoisotopic (exact) mass is 200 g/mol. The van der Waals surface area contributed by atoms with Gasteiger partial charge in [-0.2, -0.15) is 5.26 Å². The number of aromatic nitrogens is 3. The van der Waals surface area contributed by atoms with Crippen LogP contribution in [0, 0.1) is 11.3 Å². The van der Waals surface area contributed by atoms with Gasteiger partial charge in [-0.3, -0.25) is 0 Å². The maximum absolute atomic E-state index is 8.83. The first-order valence-electron chi connectivity index (χ1n) is 4.36. The molecule has 0 saturated heterocycles. The second kappa shape index (κ2) is 3.90. The Hall–Kier alpha value is -2.19. The second-order valence-electron chi connectivity index (χ2n) is 2.97. The molecule has 0 aliphatic carbocycles. The molecular formula is C10H8N4O. The normalized spacial score (nSPS) is 9.87. The van der Waals surface area contributed by atoms with E-state index in [2.05, 4.69) is 10.3 Å². The lowest BCUT2D eigenvalue weighted by Gasteiger charge is -1.98. The van der Waals surface area contributed by atoms with Gasteiger partial charge in [0.25, 0.3) is 0 Å². The number of nitrogens with zero attached hydrogens (tertiary/aromatic N) is 4. The fraction of sp³-hybridized carbons (Fsp3) is 0.100. The van der Waals surface area contributed by atoms with Crippen LogP contribution in [0.4, 0.5) is 0 Å². The third-order valence-corrected chi connectivity index (χ3v) is 1.94. The van der Waals surface area contributed by atoms with Gasteiger partial charge in [0.05, 0.1) is 30.1 Å². The Morgan fingerprint density at radius 2 is 2.33 bits per heavy atom. The molecule has 2 rings (SSSR count). The van der Waals surface area contributed by atoms with Crippen LogP contribution < -0.4 is 0 Å². The average Bonchev–Trinajstić information content (AvgIpc) is 2.78. The lowest BCUT2D eigenvalue weighted by molar-refractivity contribution is 0.276. The first-order chi connectivity index (χ1) is 7.33. The number of nitriles is 1. The zero-order chi connectivity index (χ0) is 10.7. The molecule has 0 radical (unpaired) electrons. The second-order valence-corrected chi connectivity index (χ2v) is 2.97. The average molecular weight is 200 g/mol. The van der Waals surface area contributed by atoms with Gasteiger partial charge in [0.15, 0.2) is 0 Å². The summed E-state index contributed by atoms with van der Waals surface area (Å²) in [6, 6.07) is 9.06. The molecule has 1 aromatic carbocycles. The van der Waals surface area contributed by atoms with E-state index in [4.69, 9.17) is 10.4 Å². The molecule has 1 aromatic heterocycles. The molecule has 0 saturated carbocycles. The van der Waals surface area contributed by atoms with E-state index in [0.717, 1.165) is 5.69 Å². The molecule has 15 heavy (non-hydrogen) atoms. The molecule has 0 unspecified atom stereocenters. The SMILES string of the molecule is N#Cc1cccc(-n2cc(CO)nn2)c1. The zero-order valence-corrected chi connectivity index (χ0v) is 7.83. The maximum Gasteiger partial charge on any atom is 0.109 e. The molecule has 5 nitrogen and oxygen atoms in total.